The normalized spacial score (nSPS) is 17.6. The molecule has 1 saturated heterocycles. The molecule has 25 heavy (non-hydrogen) atoms. The van der Waals surface area contributed by atoms with E-state index in [-0.39, 0.29) is 17.9 Å². The Hall–Kier alpha value is -2.63. The Morgan fingerprint density at radius 1 is 1.20 bits per heavy atom. The summed E-state index contributed by atoms with van der Waals surface area (Å²) in [4.78, 5) is 28.7. The molecule has 1 aliphatic rings. The number of hydrogen-bond donors (Lipinski definition) is 0. The molecule has 0 N–H and O–H groups in total. The number of nitrogens with zero attached hydrogens (tertiary/aromatic N) is 4. The quantitative estimate of drug-likeness (QED) is 0.861. The highest BCUT2D eigenvalue weighted by atomic mass is 16.2. The number of carbonyl (C=O) groups excluding carboxylic acids is 2. The summed E-state index contributed by atoms with van der Waals surface area (Å²) in [5.74, 6) is 0.0252. The van der Waals surface area contributed by atoms with Gasteiger partial charge in [-0.1, -0.05) is 30.3 Å². The molecule has 0 radical (unpaired) electrons. The van der Waals surface area contributed by atoms with Crippen molar-refractivity contribution in [2.75, 3.05) is 19.6 Å². The van der Waals surface area contributed by atoms with Gasteiger partial charge >= 0.3 is 0 Å². The van der Waals surface area contributed by atoms with Crippen LogP contribution < -0.4 is 0 Å². The van der Waals surface area contributed by atoms with Crippen LogP contribution >= 0.6 is 0 Å². The van der Waals surface area contributed by atoms with Gasteiger partial charge in [-0.05, 0) is 19.4 Å². The lowest BCUT2D eigenvalue weighted by atomic mass is 10.0. The van der Waals surface area contributed by atoms with Crippen molar-refractivity contribution in [2.45, 2.75) is 33.4 Å². The highest BCUT2D eigenvalue weighted by molar-refractivity contribution is 5.95. The molecule has 6 nitrogen and oxygen atoms in total. The number of carbonyl (C=O) groups is 2. The summed E-state index contributed by atoms with van der Waals surface area (Å²) in [5, 5.41) is 4.39. The molecular formula is C19H24N4O2. The summed E-state index contributed by atoms with van der Waals surface area (Å²) in [6.07, 6.45) is 1.82. The zero-order chi connectivity index (χ0) is 18.0. The predicted octanol–water partition coefficient (Wildman–Crippen LogP) is 2.26. The van der Waals surface area contributed by atoms with Crippen LogP contribution in [-0.4, -0.2) is 51.0 Å². The second-order valence-electron chi connectivity index (χ2n) is 6.37. The number of aromatic nitrogens is 2. The van der Waals surface area contributed by atoms with Gasteiger partial charge in [0.2, 0.25) is 5.91 Å². The third kappa shape index (κ3) is 3.43. The first kappa shape index (κ1) is 17.2. The lowest BCUT2D eigenvalue weighted by Gasteiger charge is -2.41. The van der Waals surface area contributed by atoms with Crippen LogP contribution in [-0.2, 0) is 11.3 Å². The highest BCUT2D eigenvalue weighted by Crippen LogP contribution is 2.27. The van der Waals surface area contributed by atoms with Crippen molar-refractivity contribution in [2.24, 2.45) is 0 Å². The van der Waals surface area contributed by atoms with E-state index in [2.05, 4.69) is 5.10 Å². The lowest BCUT2D eigenvalue weighted by molar-refractivity contribution is -0.131. The number of amides is 2. The third-order valence-corrected chi connectivity index (χ3v) is 4.77. The minimum absolute atomic E-state index is 0.0192. The predicted molar refractivity (Wildman–Crippen MR) is 95.1 cm³/mol. The van der Waals surface area contributed by atoms with Crippen LogP contribution in [0.3, 0.4) is 0 Å². The molecule has 132 valence electrons. The van der Waals surface area contributed by atoms with Crippen LogP contribution in [0.15, 0.2) is 36.5 Å². The van der Waals surface area contributed by atoms with Gasteiger partial charge in [-0.15, -0.1) is 0 Å². The monoisotopic (exact) mass is 340 g/mol. The summed E-state index contributed by atoms with van der Waals surface area (Å²) >= 11 is 0. The molecule has 0 spiro atoms. The second kappa shape index (κ2) is 7.09. The lowest BCUT2D eigenvalue weighted by Crippen LogP contribution is -2.51. The molecule has 0 bridgehead atoms. The minimum atomic E-state index is -0.143. The molecule has 0 saturated carbocycles. The maximum Gasteiger partial charge on any atom is 0.257 e. The molecule has 2 heterocycles. The minimum Gasteiger partial charge on any atom is -0.339 e. The SMILES string of the molecule is CCn1cc(C(=O)N2CCN(C(C)=O)C[C@@H]2c2ccccc2)c(C)n1. The summed E-state index contributed by atoms with van der Waals surface area (Å²) < 4.78 is 1.78. The highest BCUT2D eigenvalue weighted by Gasteiger charge is 2.34. The van der Waals surface area contributed by atoms with E-state index in [0.717, 1.165) is 17.8 Å². The van der Waals surface area contributed by atoms with Crippen LogP contribution in [0.25, 0.3) is 0 Å². The van der Waals surface area contributed by atoms with E-state index < -0.39 is 0 Å². The van der Waals surface area contributed by atoms with Crippen LogP contribution in [0.2, 0.25) is 0 Å². The molecular weight excluding hydrogens is 316 g/mol. The van der Waals surface area contributed by atoms with E-state index >= 15 is 0 Å². The number of rotatable bonds is 3. The van der Waals surface area contributed by atoms with E-state index in [1.54, 1.807) is 11.6 Å². The maximum atomic E-state index is 13.2. The van der Waals surface area contributed by atoms with Crippen molar-refractivity contribution in [3.63, 3.8) is 0 Å². The third-order valence-electron chi connectivity index (χ3n) is 4.77. The Labute approximate surface area is 148 Å². The van der Waals surface area contributed by atoms with Gasteiger partial charge in [-0.3, -0.25) is 14.3 Å². The number of hydrogen-bond acceptors (Lipinski definition) is 3. The van der Waals surface area contributed by atoms with Crippen molar-refractivity contribution in [1.29, 1.82) is 0 Å². The maximum absolute atomic E-state index is 13.2. The Kier molecular flexibility index (Phi) is 4.88. The van der Waals surface area contributed by atoms with Gasteiger partial charge in [0, 0.05) is 39.3 Å². The fourth-order valence-corrected chi connectivity index (χ4v) is 3.32. The molecule has 2 amide bonds. The molecule has 0 aliphatic carbocycles. The molecule has 1 fully saturated rings. The Balaban J connectivity index is 1.93. The standard InChI is InChI=1S/C19H24N4O2/c1-4-22-12-17(14(2)20-22)19(25)23-11-10-21(15(3)24)13-18(23)16-8-6-5-7-9-16/h5-9,12,18H,4,10-11,13H2,1-3H3/t18-/m1/s1. The number of piperazine rings is 1. The largest absolute Gasteiger partial charge is 0.339 e. The van der Waals surface area contributed by atoms with Crippen LogP contribution in [0.4, 0.5) is 0 Å². The zero-order valence-electron chi connectivity index (χ0n) is 15.0. The van der Waals surface area contributed by atoms with Crippen molar-refractivity contribution < 1.29 is 9.59 Å². The van der Waals surface area contributed by atoms with Crippen molar-refractivity contribution in [1.82, 2.24) is 19.6 Å². The zero-order valence-corrected chi connectivity index (χ0v) is 15.0. The van der Waals surface area contributed by atoms with Crippen LogP contribution in [0, 0.1) is 6.92 Å². The van der Waals surface area contributed by atoms with Crippen molar-refractivity contribution >= 4 is 11.8 Å². The molecule has 0 unspecified atom stereocenters. The second-order valence-corrected chi connectivity index (χ2v) is 6.37. The average Bonchev–Trinajstić information content (AvgIpc) is 3.02. The van der Waals surface area contributed by atoms with Crippen LogP contribution in [0.5, 0.6) is 0 Å². The Bertz CT molecular complexity index is 769. The first-order valence-corrected chi connectivity index (χ1v) is 8.66. The van der Waals surface area contributed by atoms with Gasteiger partial charge in [0.1, 0.15) is 0 Å². The summed E-state index contributed by atoms with van der Waals surface area (Å²) in [6, 6.07) is 9.76. The van der Waals surface area contributed by atoms with E-state index in [4.69, 9.17) is 0 Å². The van der Waals surface area contributed by atoms with Gasteiger partial charge in [0.15, 0.2) is 0 Å². The van der Waals surface area contributed by atoms with Gasteiger partial charge < -0.3 is 9.80 Å². The van der Waals surface area contributed by atoms with Crippen molar-refractivity contribution in [3.05, 3.63) is 53.3 Å². The average molecular weight is 340 g/mol. The molecule has 6 heteroatoms. The molecule has 3 rings (SSSR count). The van der Waals surface area contributed by atoms with E-state index in [9.17, 15) is 9.59 Å². The Morgan fingerprint density at radius 2 is 1.92 bits per heavy atom. The fraction of sp³-hybridized carbons (Fsp3) is 0.421. The van der Waals surface area contributed by atoms with E-state index in [0.29, 0.717) is 25.2 Å². The number of aryl methyl sites for hydroxylation is 2. The summed E-state index contributed by atoms with van der Waals surface area (Å²) in [7, 11) is 0. The van der Waals surface area contributed by atoms with Gasteiger partial charge in [-0.25, -0.2) is 0 Å². The van der Waals surface area contributed by atoms with Gasteiger partial charge in [-0.2, -0.15) is 5.10 Å². The molecule has 1 aliphatic heterocycles. The molecule has 1 atom stereocenters. The first-order valence-electron chi connectivity index (χ1n) is 8.66. The first-order chi connectivity index (χ1) is 12.0. The fourth-order valence-electron chi connectivity index (χ4n) is 3.32. The molecule has 2 aromatic rings. The smallest absolute Gasteiger partial charge is 0.257 e. The van der Waals surface area contributed by atoms with E-state index in [1.807, 2.05) is 60.2 Å². The van der Waals surface area contributed by atoms with Gasteiger partial charge in [0.25, 0.3) is 5.91 Å². The molecule has 1 aromatic carbocycles. The molecule has 1 aromatic heterocycles. The number of benzene rings is 1. The summed E-state index contributed by atoms with van der Waals surface area (Å²) in [6.45, 7) is 7.78. The van der Waals surface area contributed by atoms with Crippen molar-refractivity contribution in [3.8, 4) is 0 Å². The van der Waals surface area contributed by atoms with E-state index in [1.165, 1.54) is 0 Å². The Morgan fingerprint density at radius 3 is 2.52 bits per heavy atom. The van der Waals surface area contributed by atoms with Crippen LogP contribution in [0.1, 0.15) is 41.5 Å². The van der Waals surface area contributed by atoms with Gasteiger partial charge in [0.05, 0.1) is 17.3 Å². The topological polar surface area (TPSA) is 58.4 Å². The summed E-state index contributed by atoms with van der Waals surface area (Å²) in [5.41, 5.74) is 2.43.